The zero-order valence-corrected chi connectivity index (χ0v) is 11.4. The second-order valence-electron chi connectivity index (χ2n) is 4.10. The Kier molecular flexibility index (Phi) is 4.93. The van der Waals surface area contributed by atoms with Gasteiger partial charge in [0.1, 0.15) is 11.6 Å². The van der Waals surface area contributed by atoms with Crippen LogP contribution in [0.2, 0.25) is 0 Å². The largest absolute Gasteiger partial charge is 0.312 e. The summed E-state index contributed by atoms with van der Waals surface area (Å²) in [6.45, 7) is 0. The van der Waals surface area contributed by atoms with Gasteiger partial charge in [0.15, 0.2) is 0 Å². The lowest BCUT2D eigenvalue weighted by molar-refractivity contribution is 0.565. The Hall–Kier alpha value is -1.39. The van der Waals surface area contributed by atoms with Crippen molar-refractivity contribution in [1.29, 1.82) is 0 Å². The van der Waals surface area contributed by atoms with E-state index in [1.165, 1.54) is 23.9 Å². The highest BCUT2D eigenvalue weighted by molar-refractivity contribution is 7.99. The van der Waals surface area contributed by atoms with E-state index >= 15 is 0 Å². The molecule has 0 aromatic heterocycles. The highest BCUT2D eigenvalue weighted by atomic mass is 32.2. The van der Waals surface area contributed by atoms with Crippen molar-refractivity contribution in [3.05, 3.63) is 65.7 Å². The van der Waals surface area contributed by atoms with Gasteiger partial charge in [0.2, 0.25) is 0 Å². The van der Waals surface area contributed by atoms with Crippen molar-refractivity contribution in [2.75, 3.05) is 12.8 Å². The van der Waals surface area contributed by atoms with E-state index in [-0.39, 0.29) is 17.7 Å². The van der Waals surface area contributed by atoms with Crippen LogP contribution in [0.1, 0.15) is 11.6 Å². The third kappa shape index (κ3) is 3.55. The van der Waals surface area contributed by atoms with Gasteiger partial charge in [-0.15, -0.1) is 11.8 Å². The van der Waals surface area contributed by atoms with Gasteiger partial charge in [-0.25, -0.2) is 8.78 Å². The lowest BCUT2D eigenvalue weighted by Crippen LogP contribution is -2.20. The number of rotatable bonds is 5. The minimum absolute atomic E-state index is 0.147. The molecule has 19 heavy (non-hydrogen) atoms. The summed E-state index contributed by atoms with van der Waals surface area (Å²) in [6, 6.07) is 13.1. The van der Waals surface area contributed by atoms with Gasteiger partial charge in [0, 0.05) is 22.3 Å². The molecule has 0 heterocycles. The molecular formula is C15H15F2NS. The van der Waals surface area contributed by atoms with Crippen molar-refractivity contribution < 1.29 is 8.78 Å². The average molecular weight is 279 g/mol. The fraction of sp³-hybridized carbons (Fsp3) is 0.200. The first-order valence-electron chi connectivity index (χ1n) is 6.01. The molecule has 4 heteroatoms. The van der Waals surface area contributed by atoms with E-state index < -0.39 is 0 Å². The topological polar surface area (TPSA) is 12.0 Å². The van der Waals surface area contributed by atoms with Crippen LogP contribution >= 0.6 is 11.8 Å². The summed E-state index contributed by atoms with van der Waals surface area (Å²) in [6.07, 6.45) is 0. The SMILES string of the molecule is CNC(CSc1ccccc1F)c1ccccc1F. The first-order valence-corrected chi connectivity index (χ1v) is 7.00. The van der Waals surface area contributed by atoms with E-state index in [0.717, 1.165) is 0 Å². The molecule has 1 atom stereocenters. The Bertz CT molecular complexity index is 545. The van der Waals surface area contributed by atoms with Crippen LogP contribution < -0.4 is 5.32 Å². The molecule has 0 amide bonds. The molecular weight excluding hydrogens is 264 g/mol. The highest BCUT2D eigenvalue weighted by Gasteiger charge is 2.14. The van der Waals surface area contributed by atoms with Crippen LogP contribution in [-0.4, -0.2) is 12.8 Å². The first kappa shape index (κ1) is 14.0. The van der Waals surface area contributed by atoms with Crippen molar-refractivity contribution in [2.45, 2.75) is 10.9 Å². The maximum absolute atomic E-state index is 13.7. The highest BCUT2D eigenvalue weighted by Crippen LogP contribution is 2.27. The van der Waals surface area contributed by atoms with Gasteiger partial charge in [-0.05, 0) is 25.2 Å². The van der Waals surface area contributed by atoms with Crippen molar-refractivity contribution in [2.24, 2.45) is 0 Å². The number of hydrogen-bond donors (Lipinski definition) is 1. The van der Waals surface area contributed by atoms with E-state index in [1.807, 2.05) is 0 Å². The Labute approximate surface area is 116 Å². The third-order valence-corrected chi connectivity index (χ3v) is 4.01. The van der Waals surface area contributed by atoms with Crippen LogP contribution in [0.5, 0.6) is 0 Å². The molecule has 1 N–H and O–H groups in total. The van der Waals surface area contributed by atoms with Crippen LogP contribution in [0.4, 0.5) is 8.78 Å². The second kappa shape index (κ2) is 6.68. The number of nitrogens with one attached hydrogen (secondary N) is 1. The monoisotopic (exact) mass is 279 g/mol. The normalized spacial score (nSPS) is 12.4. The van der Waals surface area contributed by atoms with Gasteiger partial charge >= 0.3 is 0 Å². The Morgan fingerprint density at radius 3 is 2.26 bits per heavy atom. The molecule has 0 saturated heterocycles. The Morgan fingerprint density at radius 2 is 1.63 bits per heavy atom. The molecule has 0 saturated carbocycles. The van der Waals surface area contributed by atoms with Crippen LogP contribution in [-0.2, 0) is 0 Å². The Balaban J connectivity index is 2.09. The van der Waals surface area contributed by atoms with E-state index in [1.54, 1.807) is 43.4 Å². The molecule has 0 aliphatic rings. The molecule has 0 aliphatic heterocycles. The summed E-state index contributed by atoms with van der Waals surface area (Å²) in [7, 11) is 1.78. The van der Waals surface area contributed by atoms with Gasteiger partial charge in [0.05, 0.1) is 0 Å². The molecule has 1 unspecified atom stereocenters. The molecule has 0 aliphatic carbocycles. The number of benzene rings is 2. The molecule has 0 fully saturated rings. The maximum atomic E-state index is 13.7. The van der Waals surface area contributed by atoms with E-state index in [9.17, 15) is 8.78 Å². The second-order valence-corrected chi connectivity index (χ2v) is 5.17. The summed E-state index contributed by atoms with van der Waals surface area (Å²) in [5, 5.41) is 3.07. The number of halogens is 2. The van der Waals surface area contributed by atoms with E-state index in [2.05, 4.69) is 5.32 Å². The zero-order chi connectivity index (χ0) is 13.7. The van der Waals surface area contributed by atoms with Crippen molar-refractivity contribution in [1.82, 2.24) is 5.32 Å². The number of hydrogen-bond acceptors (Lipinski definition) is 2. The molecule has 2 rings (SSSR count). The van der Waals surface area contributed by atoms with Crippen LogP contribution in [0.15, 0.2) is 53.4 Å². The lowest BCUT2D eigenvalue weighted by Gasteiger charge is -2.17. The predicted octanol–water partition coefficient (Wildman–Crippen LogP) is 4.02. The average Bonchev–Trinajstić information content (AvgIpc) is 2.43. The van der Waals surface area contributed by atoms with E-state index in [4.69, 9.17) is 0 Å². The maximum Gasteiger partial charge on any atom is 0.136 e. The Morgan fingerprint density at radius 1 is 1.00 bits per heavy atom. The van der Waals surface area contributed by atoms with Gasteiger partial charge in [0.25, 0.3) is 0 Å². The smallest absolute Gasteiger partial charge is 0.136 e. The van der Waals surface area contributed by atoms with Crippen LogP contribution in [0.25, 0.3) is 0 Å². The molecule has 0 radical (unpaired) electrons. The van der Waals surface area contributed by atoms with E-state index in [0.29, 0.717) is 16.2 Å². The van der Waals surface area contributed by atoms with Crippen molar-refractivity contribution in [3.8, 4) is 0 Å². The molecule has 0 bridgehead atoms. The first-order chi connectivity index (χ1) is 9.22. The van der Waals surface area contributed by atoms with Gasteiger partial charge in [-0.1, -0.05) is 30.3 Å². The summed E-state index contributed by atoms with van der Waals surface area (Å²) < 4.78 is 27.2. The summed E-state index contributed by atoms with van der Waals surface area (Å²) >= 11 is 1.38. The lowest BCUT2D eigenvalue weighted by atomic mass is 10.1. The summed E-state index contributed by atoms with van der Waals surface area (Å²) in [4.78, 5) is 0.582. The van der Waals surface area contributed by atoms with Crippen molar-refractivity contribution >= 4 is 11.8 Å². The predicted molar refractivity (Wildman–Crippen MR) is 75.3 cm³/mol. The minimum Gasteiger partial charge on any atom is -0.312 e. The standard InChI is InChI=1S/C15H15F2NS/c1-18-14(11-6-2-3-7-12(11)16)10-19-15-9-5-4-8-13(15)17/h2-9,14,18H,10H2,1H3. The van der Waals surface area contributed by atoms with Gasteiger partial charge in [-0.2, -0.15) is 0 Å². The molecule has 1 nitrogen and oxygen atoms in total. The van der Waals surface area contributed by atoms with Crippen LogP contribution in [0.3, 0.4) is 0 Å². The van der Waals surface area contributed by atoms with Gasteiger partial charge < -0.3 is 5.32 Å². The fourth-order valence-corrected chi connectivity index (χ4v) is 2.89. The fourth-order valence-electron chi connectivity index (χ4n) is 1.82. The molecule has 0 spiro atoms. The van der Waals surface area contributed by atoms with Crippen molar-refractivity contribution in [3.63, 3.8) is 0 Å². The molecule has 2 aromatic carbocycles. The van der Waals surface area contributed by atoms with Crippen LogP contribution in [0, 0.1) is 11.6 Å². The quantitative estimate of drug-likeness (QED) is 0.830. The number of thioether (sulfide) groups is 1. The van der Waals surface area contributed by atoms with Gasteiger partial charge in [-0.3, -0.25) is 0 Å². The summed E-state index contributed by atoms with van der Waals surface area (Å²) in [5.41, 5.74) is 0.605. The third-order valence-electron chi connectivity index (χ3n) is 2.87. The molecule has 100 valence electrons. The molecule has 2 aromatic rings. The zero-order valence-electron chi connectivity index (χ0n) is 10.6. The minimum atomic E-state index is -0.240. The summed E-state index contributed by atoms with van der Waals surface area (Å²) in [5.74, 6) is 0.0881.